The molecule has 3 N–H and O–H groups in total. The first kappa shape index (κ1) is 63.8. The minimum atomic E-state index is -4.42. The molecule has 2 unspecified atom stereocenters. The SMILES string of the molecule is CCCCCCCC/C=C/CCCCCCCCCCCCCCCC(=O)OCC(O)COP(=O)(O)OCCNC(=O)CCCCCCCCCCCCCCCCCCCCCCC. The third-order valence-electron chi connectivity index (χ3n) is 12.7. The molecule has 0 saturated carbocycles. The lowest BCUT2D eigenvalue weighted by molar-refractivity contribution is -0.147. The number of esters is 1. The Bertz CT molecular complexity index is 1070. The first-order chi connectivity index (χ1) is 31.8. The van der Waals surface area contributed by atoms with Gasteiger partial charge in [-0.15, -0.1) is 0 Å². The van der Waals surface area contributed by atoms with Crippen LogP contribution in [-0.2, 0) is 27.9 Å². The number of carbonyl (C=O) groups excluding carboxylic acids is 2. The summed E-state index contributed by atoms with van der Waals surface area (Å²) in [7, 11) is -4.42. The van der Waals surface area contributed by atoms with Gasteiger partial charge in [-0.25, -0.2) is 4.57 Å². The Morgan fingerprint density at radius 3 is 1.15 bits per heavy atom. The van der Waals surface area contributed by atoms with Crippen molar-refractivity contribution in [2.75, 3.05) is 26.4 Å². The average molecular weight is 942 g/mol. The van der Waals surface area contributed by atoms with Crippen molar-refractivity contribution in [3.05, 3.63) is 12.2 Å². The van der Waals surface area contributed by atoms with Crippen LogP contribution < -0.4 is 5.32 Å². The summed E-state index contributed by atoms with van der Waals surface area (Å²) in [6, 6.07) is 0. The molecule has 0 aliphatic heterocycles. The van der Waals surface area contributed by atoms with Gasteiger partial charge in [0.2, 0.25) is 5.91 Å². The first-order valence-corrected chi connectivity index (χ1v) is 29.7. The molecule has 0 aromatic rings. The zero-order chi connectivity index (χ0) is 47.4. The van der Waals surface area contributed by atoms with E-state index in [1.807, 2.05) is 0 Å². The molecule has 0 aliphatic rings. The van der Waals surface area contributed by atoms with E-state index in [2.05, 4.69) is 31.3 Å². The highest BCUT2D eigenvalue weighted by molar-refractivity contribution is 7.47. The molecule has 0 bridgehead atoms. The molecule has 0 aromatic carbocycles. The van der Waals surface area contributed by atoms with E-state index in [-0.39, 0.29) is 32.1 Å². The van der Waals surface area contributed by atoms with Gasteiger partial charge in [0.15, 0.2) is 0 Å². The Kier molecular flexibility index (Phi) is 51.1. The fourth-order valence-electron chi connectivity index (χ4n) is 8.44. The van der Waals surface area contributed by atoms with Gasteiger partial charge in [0.25, 0.3) is 0 Å². The molecule has 0 aromatic heterocycles. The highest BCUT2D eigenvalue weighted by Crippen LogP contribution is 2.42. The standard InChI is InChI=1S/C55H108NO8P/c1-3-5-7-9-11-13-15-17-19-21-23-25-26-28-30-32-34-36-38-40-42-44-46-48-55(59)62-51-53(57)52-64-65(60,61)63-50-49-56-54(58)47-45-43-41-39-37-35-33-31-29-27-24-22-20-18-16-14-12-10-8-6-4-2/h17,19,53,57H,3-16,18,20-52H2,1-2H3,(H,56,58)(H,60,61)/b19-17+. The van der Waals surface area contributed by atoms with E-state index in [1.165, 1.54) is 231 Å². The summed E-state index contributed by atoms with van der Waals surface area (Å²) in [5, 5.41) is 12.8. The van der Waals surface area contributed by atoms with Crippen molar-refractivity contribution in [1.29, 1.82) is 0 Å². The predicted molar refractivity (Wildman–Crippen MR) is 275 cm³/mol. The number of hydrogen-bond acceptors (Lipinski definition) is 7. The number of aliphatic hydroxyl groups excluding tert-OH is 1. The number of nitrogens with one attached hydrogen (secondary N) is 1. The fraction of sp³-hybridized carbons (Fsp3) is 0.927. The minimum absolute atomic E-state index is 0.0876. The smallest absolute Gasteiger partial charge is 0.463 e. The topological polar surface area (TPSA) is 131 Å². The summed E-state index contributed by atoms with van der Waals surface area (Å²) in [4.78, 5) is 34.1. The normalized spacial score (nSPS) is 13.1. The van der Waals surface area contributed by atoms with Crippen LogP contribution in [0.15, 0.2) is 12.2 Å². The summed E-state index contributed by atoms with van der Waals surface area (Å²) >= 11 is 0. The second kappa shape index (κ2) is 52.1. The maximum absolute atomic E-state index is 12.2. The molecule has 65 heavy (non-hydrogen) atoms. The molecule has 0 saturated heterocycles. The molecule has 0 rings (SSSR count). The van der Waals surface area contributed by atoms with E-state index < -0.39 is 26.5 Å². The number of ether oxygens (including phenoxy) is 1. The van der Waals surface area contributed by atoms with Crippen molar-refractivity contribution in [3.8, 4) is 0 Å². The number of amides is 1. The number of hydrogen-bond donors (Lipinski definition) is 3. The molecule has 10 heteroatoms. The Balaban J connectivity index is 3.49. The van der Waals surface area contributed by atoms with E-state index in [1.54, 1.807) is 0 Å². The molecule has 386 valence electrons. The largest absolute Gasteiger partial charge is 0.472 e. The van der Waals surface area contributed by atoms with E-state index in [4.69, 9.17) is 13.8 Å². The van der Waals surface area contributed by atoms with E-state index >= 15 is 0 Å². The molecular formula is C55H108NO8P. The van der Waals surface area contributed by atoms with Crippen LogP contribution in [0.4, 0.5) is 0 Å². The lowest BCUT2D eigenvalue weighted by Crippen LogP contribution is -2.27. The van der Waals surface area contributed by atoms with Crippen LogP contribution in [0.5, 0.6) is 0 Å². The number of phosphoric acid groups is 1. The molecule has 9 nitrogen and oxygen atoms in total. The predicted octanol–water partition coefficient (Wildman–Crippen LogP) is 16.9. The number of rotatable bonds is 54. The maximum Gasteiger partial charge on any atom is 0.472 e. The molecular weight excluding hydrogens is 834 g/mol. The quantitative estimate of drug-likeness (QED) is 0.0238. The Hall–Kier alpha value is -1.25. The van der Waals surface area contributed by atoms with Crippen LogP contribution in [0, 0.1) is 0 Å². The lowest BCUT2D eigenvalue weighted by atomic mass is 10.0. The van der Waals surface area contributed by atoms with Gasteiger partial charge in [0.05, 0.1) is 13.2 Å². The van der Waals surface area contributed by atoms with E-state index in [0.717, 1.165) is 38.5 Å². The summed E-state index contributed by atoms with van der Waals surface area (Å²) in [6.45, 7) is 3.62. The highest BCUT2D eigenvalue weighted by atomic mass is 31.2. The molecule has 0 radical (unpaired) electrons. The third-order valence-corrected chi connectivity index (χ3v) is 13.7. The summed E-state index contributed by atoms with van der Waals surface area (Å²) < 4.78 is 27.1. The molecule has 1 amide bonds. The molecule has 2 atom stereocenters. The summed E-state index contributed by atoms with van der Waals surface area (Å²) in [5.74, 6) is -0.499. The van der Waals surface area contributed by atoms with Crippen molar-refractivity contribution in [1.82, 2.24) is 5.32 Å². The highest BCUT2D eigenvalue weighted by Gasteiger charge is 2.23. The molecule has 0 fully saturated rings. The van der Waals surface area contributed by atoms with Gasteiger partial charge >= 0.3 is 13.8 Å². The van der Waals surface area contributed by atoms with Crippen LogP contribution in [0.2, 0.25) is 0 Å². The Morgan fingerprint density at radius 2 is 0.785 bits per heavy atom. The average Bonchev–Trinajstić information content (AvgIpc) is 3.29. The number of phosphoric ester groups is 1. The van der Waals surface area contributed by atoms with Gasteiger partial charge in [-0.2, -0.15) is 0 Å². The number of unbranched alkanes of at least 4 members (excludes halogenated alkanes) is 39. The summed E-state index contributed by atoms with van der Waals surface area (Å²) in [6.07, 6.45) is 58.8. The van der Waals surface area contributed by atoms with Gasteiger partial charge in [-0.3, -0.25) is 18.6 Å². The van der Waals surface area contributed by atoms with Crippen molar-refractivity contribution in [3.63, 3.8) is 0 Å². The second-order valence-electron chi connectivity index (χ2n) is 19.3. The molecule has 0 heterocycles. The maximum atomic E-state index is 12.2. The second-order valence-corrected chi connectivity index (χ2v) is 20.7. The van der Waals surface area contributed by atoms with Crippen LogP contribution in [-0.4, -0.2) is 54.3 Å². The minimum Gasteiger partial charge on any atom is -0.463 e. The monoisotopic (exact) mass is 942 g/mol. The van der Waals surface area contributed by atoms with Gasteiger partial charge in [0.1, 0.15) is 12.7 Å². The van der Waals surface area contributed by atoms with E-state index in [9.17, 15) is 24.2 Å². The van der Waals surface area contributed by atoms with Crippen molar-refractivity contribution in [2.45, 2.75) is 302 Å². The van der Waals surface area contributed by atoms with Gasteiger partial charge in [-0.05, 0) is 38.5 Å². The van der Waals surface area contributed by atoms with E-state index in [0.29, 0.717) is 6.42 Å². The van der Waals surface area contributed by atoms with Crippen LogP contribution in [0.3, 0.4) is 0 Å². The zero-order valence-corrected chi connectivity index (χ0v) is 43.9. The molecule has 0 spiro atoms. The van der Waals surface area contributed by atoms with Crippen molar-refractivity contribution in [2.24, 2.45) is 0 Å². The number of aliphatic hydroxyl groups is 1. The first-order valence-electron chi connectivity index (χ1n) is 28.2. The lowest BCUT2D eigenvalue weighted by Gasteiger charge is -2.15. The summed E-state index contributed by atoms with van der Waals surface area (Å²) in [5.41, 5.74) is 0. The fourth-order valence-corrected chi connectivity index (χ4v) is 9.20. The zero-order valence-electron chi connectivity index (χ0n) is 43.0. The Labute approximate surface area is 402 Å². The van der Waals surface area contributed by atoms with Crippen LogP contribution in [0.1, 0.15) is 296 Å². The van der Waals surface area contributed by atoms with Crippen molar-refractivity contribution >= 4 is 19.7 Å². The van der Waals surface area contributed by atoms with Gasteiger partial charge in [-0.1, -0.05) is 257 Å². The van der Waals surface area contributed by atoms with Crippen molar-refractivity contribution < 1.29 is 37.9 Å². The number of allylic oxidation sites excluding steroid dienone is 2. The van der Waals surface area contributed by atoms with Gasteiger partial charge < -0.3 is 20.1 Å². The van der Waals surface area contributed by atoms with Crippen LogP contribution >= 0.6 is 7.82 Å². The number of carbonyl (C=O) groups is 2. The van der Waals surface area contributed by atoms with Crippen LogP contribution in [0.25, 0.3) is 0 Å². The molecule has 0 aliphatic carbocycles. The Morgan fingerprint density at radius 1 is 0.462 bits per heavy atom. The third kappa shape index (κ3) is 53.6. The van der Waals surface area contributed by atoms with Gasteiger partial charge in [0, 0.05) is 19.4 Å².